The van der Waals surface area contributed by atoms with E-state index in [1.807, 2.05) is 0 Å². The van der Waals surface area contributed by atoms with Gasteiger partial charge in [-0.1, -0.05) is 0 Å². The van der Waals surface area contributed by atoms with Gasteiger partial charge in [0.1, 0.15) is 28.9 Å². The van der Waals surface area contributed by atoms with Crippen molar-refractivity contribution in [2.75, 3.05) is 21.2 Å². The van der Waals surface area contributed by atoms with Gasteiger partial charge < -0.3 is 49.1 Å². The molecule has 0 saturated carbocycles. The van der Waals surface area contributed by atoms with Crippen LogP contribution >= 0.6 is 0 Å². The van der Waals surface area contributed by atoms with Gasteiger partial charge in [-0.2, -0.15) is 13.2 Å². The number of aromatic hydroxyl groups is 1. The second kappa shape index (κ2) is 12.5. The molecule has 0 radical (unpaired) electrons. The number of fused-ring (bicyclic) bond motifs is 1. The number of aliphatic carboxylic acids is 2. The fourth-order valence-electron chi connectivity index (χ4n) is 3.06. The van der Waals surface area contributed by atoms with Crippen LogP contribution in [0.3, 0.4) is 0 Å². The normalized spacial score (nSPS) is 12.8. The van der Waals surface area contributed by atoms with E-state index >= 15 is 0 Å². The lowest BCUT2D eigenvalue weighted by Gasteiger charge is -2.17. The summed E-state index contributed by atoms with van der Waals surface area (Å²) in [4.78, 5) is 33.9. The Kier molecular flexibility index (Phi) is 9.87. The van der Waals surface area contributed by atoms with E-state index in [2.05, 4.69) is 0 Å². The molecule has 1 aromatic heterocycles. The Hall–Kier alpha value is -4.34. The minimum atomic E-state index is -4.99. The molecule has 2 aromatic carbocycles. The maximum Gasteiger partial charge on any atom is 0.453 e. The van der Waals surface area contributed by atoms with Gasteiger partial charge in [0.25, 0.3) is 5.76 Å². The van der Waals surface area contributed by atoms with Crippen LogP contribution in [-0.2, 0) is 22.3 Å². The summed E-state index contributed by atoms with van der Waals surface area (Å²) in [5, 5.41) is 44.1. The highest BCUT2D eigenvalue weighted by Crippen LogP contribution is 2.40. The number of phenolic OH excluding ortho intramolecular Hbond substituents is 1. The van der Waals surface area contributed by atoms with E-state index in [0.717, 1.165) is 0 Å². The number of aliphatic hydroxyl groups excluding tert-OH is 2. The number of halogens is 3. The molecule has 2 atom stereocenters. The van der Waals surface area contributed by atoms with Crippen molar-refractivity contribution in [1.82, 2.24) is 4.90 Å². The Morgan fingerprint density at radius 3 is 2.05 bits per heavy atom. The van der Waals surface area contributed by atoms with Gasteiger partial charge in [0.05, 0.1) is 24.0 Å². The molecule has 0 spiro atoms. The second-order valence-electron chi connectivity index (χ2n) is 8.09. The van der Waals surface area contributed by atoms with E-state index in [1.165, 1.54) is 43.5 Å². The number of carbonyl (C=O) groups excluding carboxylic acids is 1. The molecule has 1 heterocycles. The monoisotopic (exact) mass is 558 g/mol. The molecule has 212 valence electrons. The first-order valence-corrected chi connectivity index (χ1v) is 10.7. The number of ether oxygens (including phenoxy) is 2. The first-order chi connectivity index (χ1) is 18.1. The first-order valence-electron chi connectivity index (χ1n) is 10.7. The number of rotatable bonds is 8. The largest absolute Gasteiger partial charge is 0.547 e. The third-order valence-corrected chi connectivity index (χ3v) is 4.90. The highest BCUT2D eigenvalue weighted by Gasteiger charge is 2.41. The van der Waals surface area contributed by atoms with Gasteiger partial charge in [-0.05, 0) is 50.5 Å². The van der Waals surface area contributed by atoms with Crippen LogP contribution < -0.4 is 20.0 Å². The predicted octanol–water partition coefficient (Wildman–Crippen LogP) is 0.923. The quantitative estimate of drug-likeness (QED) is 0.306. The molecule has 3 rings (SSSR count). The SMILES string of the molecule is COc1ccc(Oc2c(C(F)(F)F)oc3c(CN(C)C)c(O)ccc3c2=O)cc1.O=C([O-])C(O)C(O)C(=O)O. The zero-order chi connectivity index (χ0) is 29.7. The summed E-state index contributed by atoms with van der Waals surface area (Å²) < 4.78 is 56.4. The molecule has 0 amide bonds. The lowest BCUT2D eigenvalue weighted by molar-refractivity contribution is -0.318. The molecular formula is C24H23F3NO11-. The Labute approximate surface area is 217 Å². The van der Waals surface area contributed by atoms with Crippen molar-refractivity contribution in [3.63, 3.8) is 0 Å². The molecule has 0 aliphatic heterocycles. The van der Waals surface area contributed by atoms with E-state index < -0.39 is 47.3 Å². The number of hydrogen-bond acceptors (Lipinski definition) is 11. The Morgan fingerprint density at radius 2 is 1.62 bits per heavy atom. The second-order valence-corrected chi connectivity index (χ2v) is 8.09. The van der Waals surface area contributed by atoms with Crippen LogP contribution in [0.25, 0.3) is 11.0 Å². The van der Waals surface area contributed by atoms with Gasteiger partial charge in [0.2, 0.25) is 11.2 Å². The predicted molar refractivity (Wildman–Crippen MR) is 124 cm³/mol. The Bertz CT molecular complexity index is 1370. The standard InChI is InChI=1S/C20H18F3NO5.C4H6O6/c1-24(2)10-14-15(25)9-8-13-16(26)18(19(20(21,22)23)29-17(13)14)28-12-6-4-11(27-3)5-7-12;5-1(3(7)8)2(6)4(9)10/h4-9,25H,10H2,1-3H3;1-2,5-6H,(H,7,8)(H,9,10)/p-1. The number of carboxylic acids is 2. The van der Waals surface area contributed by atoms with Crippen molar-refractivity contribution in [3.05, 3.63) is 57.9 Å². The van der Waals surface area contributed by atoms with E-state index in [4.69, 9.17) is 29.2 Å². The number of methoxy groups -OCH3 is 1. The molecule has 12 nitrogen and oxygen atoms in total. The number of alkyl halides is 3. The van der Waals surface area contributed by atoms with Crippen molar-refractivity contribution < 1.29 is 62.2 Å². The van der Waals surface area contributed by atoms with Gasteiger partial charge in [-0.25, -0.2) is 4.79 Å². The molecule has 2 unspecified atom stereocenters. The first kappa shape index (κ1) is 30.9. The third kappa shape index (κ3) is 7.59. The molecule has 0 bridgehead atoms. The van der Waals surface area contributed by atoms with E-state index in [-0.39, 0.29) is 34.6 Å². The molecule has 4 N–H and O–H groups in total. The van der Waals surface area contributed by atoms with Gasteiger partial charge >= 0.3 is 12.1 Å². The minimum absolute atomic E-state index is 0.00948. The van der Waals surface area contributed by atoms with Crippen molar-refractivity contribution in [1.29, 1.82) is 0 Å². The number of carboxylic acid groups (broad SMARTS) is 2. The molecule has 15 heteroatoms. The highest BCUT2D eigenvalue weighted by atomic mass is 19.4. The van der Waals surface area contributed by atoms with Crippen LogP contribution in [0.15, 0.2) is 45.6 Å². The maximum atomic E-state index is 13.7. The number of phenols is 1. The van der Waals surface area contributed by atoms with Gasteiger partial charge in [-0.3, -0.25) is 4.79 Å². The summed E-state index contributed by atoms with van der Waals surface area (Å²) in [5.74, 6) is -6.16. The lowest BCUT2D eigenvalue weighted by Crippen LogP contribution is -2.46. The fourth-order valence-corrected chi connectivity index (χ4v) is 3.06. The number of nitrogens with zero attached hydrogens (tertiary/aromatic N) is 1. The van der Waals surface area contributed by atoms with E-state index in [1.54, 1.807) is 19.0 Å². The summed E-state index contributed by atoms with van der Waals surface area (Å²) in [6, 6.07) is 8.16. The summed E-state index contributed by atoms with van der Waals surface area (Å²) in [6.45, 7) is 0.0715. The lowest BCUT2D eigenvalue weighted by atomic mass is 10.1. The molecule has 0 aliphatic rings. The van der Waals surface area contributed by atoms with Crippen LogP contribution in [-0.4, -0.2) is 70.7 Å². The Balaban J connectivity index is 0.000000455. The summed E-state index contributed by atoms with van der Waals surface area (Å²) in [7, 11) is 4.78. The fraction of sp³-hybridized carbons (Fsp3) is 0.292. The topological polar surface area (TPSA) is 190 Å². The number of benzene rings is 2. The minimum Gasteiger partial charge on any atom is -0.547 e. The summed E-state index contributed by atoms with van der Waals surface area (Å²) in [6.07, 6.45) is -9.70. The highest BCUT2D eigenvalue weighted by molar-refractivity contribution is 5.83. The van der Waals surface area contributed by atoms with Crippen LogP contribution in [0.2, 0.25) is 0 Å². The van der Waals surface area contributed by atoms with Crippen molar-refractivity contribution in [3.8, 4) is 23.0 Å². The van der Waals surface area contributed by atoms with Gasteiger partial charge in [-0.15, -0.1) is 0 Å². The molecule has 0 aliphatic carbocycles. The number of carbonyl (C=O) groups is 2. The smallest absolute Gasteiger partial charge is 0.453 e. The van der Waals surface area contributed by atoms with Crippen LogP contribution in [0, 0.1) is 0 Å². The molecule has 0 fully saturated rings. The van der Waals surface area contributed by atoms with Gasteiger partial charge in [0.15, 0.2) is 6.10 Å². The van der Waals surface area contributed by atoms with Gasteiger partial charge in [0, 0.05) is 6.54 Å². The van der Waals surface area contributed by atoms with Crippen molar-refractivity contribution in [2.24, 2.45) is 0 Å². The number of aliphatic hydroxyl groups is 2. The number of hydrogen-bond donors (Lipinski definition) is 4. The maximum absolute atomic E-state index is 13.7. The molecule has 39 heavy (non-hydrogen) atoms. The third-order valence-electron chi connectivity index (χ3n) is 4.90. The summed E-state index contributed by atoms with van der Waals surface area (Å²) in [5.41, 5.74) is -1.25. The zero-order valence-corrected chi connectivity index (χ0v) is 20.6. The van der Waals surface area contributed by atoms with Crippen molar-refractivity contribution in [2.45, 2.75) is 24.9 Å². The van der Waals surface area contributed by atoms with Crippen LogP contribution in [0.1, 0.15) is 11.3 Å². The van der Waals surface area contributed by atoms with Crippen LogP contribution in [0.5, 0.6) is 23.0 Å². The van der Waals surface area contributed by atoms with E-state index in [9.17, 15) is 37.8 Å². The van der Waals surface area contributed by atoms with E-state index in [0.29, 0.717) is 5.75 Å². The molecule has 3 aromatic rings. The average molecular weight is 558 g/mol. The van der Waals surface area contributed by atoms with Crippen molar-refractivity contribution >= 4 is 22.9 Å². The molecular weight excluding hydrogens is 535 g/mol. The zero-order valence-electron chi connectivity index (χ0n) is 20.6. The Morgan fingerprint density at radius 1 is 1.05 bits per heavy atom. The van der Waals surface area contributed by atoms with Crippen LogP contribution in [0.4, 0.5) is 13.2 Å². The molecule has 0 saturated heterocycles. The average Bonchev–Trinajstić information content (AvgIpc) is 2.86. The summed E-state index contributed by atoms with van der Waals surface area (Å²) >= 11 is 0.